The molecule has 0 fully saturated rings. The number of aromatic amines is 1. The summed E-state index contributed by atoms with van der Waals surface area (Å²) in [5.74, 6) is 0.700. The lowest BCUT2D eigenvalue weighted by atomic mass is 9.97. The summed E-state index contributed by atoms with van der Waals surface area (Å²) in [6, 6.07) is 25.5. The van der Waals surface area contributed by atoms with E-state index in [0.717, 1.165) is 49.7 Å². The minimum Gasteiger partial charge on any atom is -0.493 e. The zero-order chi connectivity index (χ0) is 27.4. The van der Waals surface area contributed by atoms with Crippen molar-refractivity contribution in [2.45, 2.75) is 19.8 Å². The smallest absolute Gasteiger partial charge is 0.493 e. The average Bonchev–Trinajstić information content (AvgIpc) is 3.27. The van der Waals surface area contributed by atoms with E-state index in [1.54, 1.807) is 0 Å². The summed E-state index contributed by atoms with van der Waals surface area (Å²) in [5.41, 5.74) is 5.51. The van der Waals surface area contributed by atoms with Crippen LogP contribution in [0.5, 0.6) is 11.6 Å². The fraction of sp³-hybridized carbons (Fsp3) is 0.125. The predicted molar refractivity (Wildman–Crippen MR) is 154 cm³/mol. The number of carboxylic acid groups (broad SMARTS) is 1. The van der Waals surface area contributed by atoms with Crippen molar-refractivity contribution in [1.82, 2.24) is 4.98 Å². The van der Waals surface area contributed by atoms with Crippen LogP contribution in [0.4, 0.5) is 10.5 Å². The molecule has 196 valence electrons. The molecule has 0 aliphatic rings. The van der Waals surface area contributed by atoms with Crippen molar-refractivity contribution in [3.8, 4) is 22.8 Å². The summed E-state index contributed by atoms with van der Waals surface area (Å²) in [5, 5.41) is 14.9. The van der Waals surface area contributed by atoms with Gasteiger partial charge in [0.1, 0.15) is 5.75 Å². The van der Waals surface area contributed by atoms with Crippen molar-refractivity contribution < 1.29 is 24.2 Å². The second-order valence-electron chi connectivity index (χ2n) is 9.18. The van der Waals surface area contributed by atoms with Gasteiger partial charge in [0, 0.05) is 27.6 Å². The quantitative estimate of drug-likeness (QED) is 0.106. The Kier molecular flexibility index (Phi) is 7.32. The molecule has 0 saturated heterocycles. The molecule has 1 heterocycles. The summed E-state index contributed by atoms with van der Waals surface area (Å²) < 4.78 is 11.3. The van der Waals surface area contributed by atoms with Gasteiger partial charge in [0.15, 0.2) is 0 Å². The van der Waals surface area contributed by atoms with Crippen LogP contribution >= 0.6 is 0 Å². The maximum absolute atomic E-state index is 11.6. The van der Waals surface area contributed by atoms with E-state index < -0.39 is 6.16 Å². The summed E-state index contributed by atoms with van der Waals surface area (Å²) >= 11 is 0. The van der Waals surface area contributed by atoms with Gasteiger partial charge in [-0.15, -0.1) is 0 Å². The molecule has 0 aliphatic carbocycles. The molecule has 0 bridgehead atoms. The fourth-order valence-corrected chi connectivity index (χ4v) is 4.85. The van der Waals surface area contributed by atoms with E-state index in [-0.39, 0.29) is 11.8 Å². The highest BCUT2D eigenvalue weighted by Crippen LogP contribution is 2.37. The standard InChI is InChI=1S/C32H28N2O5/c1-3-29(35)33-22-16-17-24-21(19-22)10-6-15-28(24)38-18-8-14-27-26-13-7-12-25(23-11-5-4-9-20(23)2)30(26)34-31(27)39-32(36)37/h3-7,9-13,15-17,19,34H,1,8,14,18H2,2H3,(H,33,35)(H,36,37). The van der Waals surface area contributed by atoms with E-state index in [1.807, 2.05) is 66.7 Å². The first kappa shape index (κ1) is 25.6. The van der Waals surface area contributed by atoms with Crippen LogP contribution in [0.3, 0.4) is 0 Å². The average molecular weight is 521 g/mol. The number of H-pyrrole nitrogens is 1. The first-order chi connectivity index (χ1) is 18.9. The van der Waals surface area contributed by atoms with Gasteiger partial charge < -0.3 is 24.9 Å². The maximum atomic E-state index is 11.6. The fourth-order valence-electron chi connectivity index (χ4n) is 4.85. The Morgan fingerprint density at radius 2 is 1.77 bits per heavy atom. The maximum Gasteiger partial charge on any atom is 0.512 e. The third-order valence-electron chi connectivity index (χ3n) is 6.65. The molecule has 1 aromatic heterocycles. The highest BCUT2D eigenvalue weighted by molar-refractivity contribution is 6.01. The second-order valence-corrected chi connectivity index (χ2v) is 9.18. The van der Waals surface area contributed by atoms with Crippen LogP contribution in [0.2, 0.25) is 0 Å². The van der Waals surface area contributed by atoms with Crippen LogP contribution in [0.15, 0.2) is 91.5 Å². The molecule has 0 unspecified atom stereocenters. The highest BCUT2D eigenvalue weighted by atomic mass is 16.7. The van der Waals surface area contributed by atoms with Gasteiger partial charge >= 0.3 is 6.16 Å². The minimum absolute atomic E-state index is 0.234. The lowest BCUT2D eigenvalue weighted by molar-refractivity contribution is -0.111. The number of hydrogen-bond donors (Lipinski definition) is 3. The SMILES string of the molecule is C=CC(=O)Nc1ccc2c(OCCCc3c(OC(=O)O)[nH]c4c(-c5ccccc5C)cccc34)cccc2c1. The molecule has 39 heavy (non-hydrogen) atoms. The first-order valence-corrected chi connectivity index (χ1v) is 12.6. The Bertz CT molecular complexity index is 1700. The van der Waals surface area contributed by atoms with Crippen LogP contribution in [0, 0.1) is 6.92 Å². The van der Waals surface area contributed by atoms with Gasteiger partial charge in [0.2, 0.25) is 11.8 Å². The number of amides is 1. The summed E-state index contributed by atoms with van der Waals surface area (Å²) in [7, 11) is 0. The number of carbonyl (C=O) groups excluding carboxylic acids is 1. The lowest BCUT2D eigenvalue weighted by Gasteiger charge is -2.11. The van der Waals surface area contributed by atoms with E-state index in [1.165, 1.54) is 6.08 Å². The van der Waals surface area contributed by atoms with Gasteiger partial charge in [0.05, 0.1) is 12.1 Å². The monoisotopic (exact) mass is 520 g/mol. The Morgan fingerprint density at radius 3 is 2.56 bits per heavy atom. The van der Waals surface area contributed by atoms with Gasteiger partial charge in [-0.25, -0.2) is 4.79 Å². The van der Waals surface area contributed by atoms with E-state index in [9.17, 15) is 14.7 Å². The number of ether oxygens (including phenoxy) is 2. The molecule has 3 N–H and O–H groups in total. The minimum atomic E-state index is -1.36. The van der Waals surface area contributed by atoms with E-state index in [2.05, 4.69) is 35.9 Å². The Hall–Kier alpha value is -5.04. The van der Waals surface area contributed by atoms with Crippen LogP contribution < -0.4 is 14.8 Å². The van der Waals surface area contributed by atoms with Gasteiger partial charge in [-0.05, 0) is 66.6 Å². The largest absolute Gasteiger partial charge is 0.512 e. The van der Waals surface area contributed by atoms with Gasteiger partial charge in [0.25, 0.3) is 0 Å². The normalized spacial score (nSPS) is 10.9. The van der Waals surface area contributed by atoms with Gasteiger partial charge in [-0.3, -0.25) is 4.79 Å². The molecule has 0 atom stereocenters. The number of nitrogens with one attached hydrogen (secondary N) is 2. The van der Waals surface area contributed by atoms with Crippen molar-refractivity contribution in [3.05, 3.63) is 103 Å². The van der Waals surface area contributed by atoms with Crippen LogP contribution in [0.25, 0.3) is 32.8 Å². The first-order valence-electron chi connectivity index (χ1n) is 12.6. The summed E-state index contributed by atoms with van der Waals surface area (Å²) in [6.45, 7) is 5.95. The third kappa shape index (κ3) is 5.48. The number of para-hydroxylation sites is 1. The molecule has 7 nitrogen and oxygen atoms in total. The number of rotatable bonds is 9. The highest BCUT2D eigenvalue weighted by Gasteiger charge is 2.18. The molecule has 7 heteroatoms. The number of aryl methyl sites for hydroxylation is 2. The molecule has 0 aliphatic heterocycles. The third-order valence-corrected chi connectivity index (χ3v) is 6.65. The molecule has 0 spiro atoms. The topological polar surface area (TPSA) is 101 Å². The van der Waals surface area contributed by atoms with Crippen molar-refractivity contribution in [2.24, 2.45) is 0 Å². The van der Waals surface area contributed by atoms with Crippen molar-refractivity contribution in [3.63, 3.8) is 0 Å². The molecule has 5 aromatic rings. The molecule has 4 aromatic carbocycles. The van der Waals surface area contributed by atoms with E-state index in [0.29, 0.717) is 25.1 Å². The molecule has 0 saturated carbocycles. The lowest BCUT2D eigenvalue weighted by Crippen LogP contribution is -2.07. The number of anilines is 1. The van der Waals surface area contributed by atoms with Crippen LogP contribution in [0.1, 0.15) is 17.5 Å². The van der Waals surface area contributed by atoms with Crippen LogP contribution in [-0.4, -0.2) is 28.8 Å². The Labute approximate surface area is 225 Å². The second kappa shape index (κ2) is 11.1. The number of benzene rings is 4. The zero-order valence-electron chi connectivity index (χ0n) is 21.5. The number of aromatic nitrogens is 1. The molecule has 1 amide bonds. The van der Waals surface area contributed by atoms with Crippen molar-refractivity contribution >= 4 is 39.4 Å². The zero-order valence-corrected chi connectivity index (χ0v) is 21.5. The van der Waals surface area contributed by atoms with Crippen molar-refractivity contribution in [2.75, 3.05) is 11.9 Å². The van der Waals surface area contributed by atoms with E-state index in [4.69, 9.17) is 9.47 Å². The summed E-state index contributed by atoms with van der Waals surface area (Å²) in [4.78, 5) is 26.3. The van der Waals surface area contributed by atoms with E-state index >= 15 is 0 Å². The molecular formula is C32H28N2O5. The number of carbonyl (C=O) groups is 2. The number of hydrogen-bond acceptors (Lipinski definition) is 4. The Morgan fingerprint density at radius 1 is 0.974 bits per heavy atom. The summed E-state index contributed by atoms with van der Waals surface area (Å²) in [6.07, 6.45) is 1.06. The molecule has 5 rings (SSSR count). The predicted octanol–water partition coefficient (Wildman–Crippen LogP) is 7.49. The molecule has 0 radical (unpaired) electrons. The molecular weight excluding hydrogens is 492 g/mol. The van der Waals surface area contributed by atoms with Gasteiger partial charge in [-0.1, -0.05) is 61.2 Å². The van der Waals surface area contributed by atoms with Crippen LogP contribution in [-0.2, 0) is 11.2 Å². The van der Waals surface area contributed by atoms with Crippen molar-refractivity contribution in [1.29, 1.82) is 0 Å². The Balaban J connectivity index is 1.36. The number of fused-ring (bicyclic) bond motifs is 2. The van der Waals surface area contributed by atoms with Gasteiger partial charge in [-0.2, -0.15) is 0 Å².